The van der Waals surface area contributed by atoms with Crippen LogP contribution in [0.2, 0.25) is 0 Å². The number of rotatable bonds is 10. The van der Waals surface area contributed by atoms with Crippen molar-refractivity contribution in [1.29, 1.82) is 0 Å². The number of halogens is 4. The Labute approximate surface area is 250 Å². The van der Waals surface area contributed by atoms with E-state index in [1.54, 1.807) is 18.2 Å². The molecule has 0 N–H and O–H groups in total. The molecule has 2 aromatic carbocycles. The number of hydrogen-bond donors (Lipinski definition) is 0. The van der Waals surface area contributed by atoms with Crippen molar-refractivity contribution >= 4 is 50.3 Å². The van der Waals surface area contributed by atoms with Gasteiger partial charge in [-0.3, -0.25) is 9.59 Å². The third-order valence-electron chi connectivity index (χ3n) is 7.80. The Kier molecular flexibility index (Phi) is 8.97. The molecule has 2 aliphatic heterocycles. The average Bonchev–Trinajstić information content (AvgIpc) is 3.52. The van der Waals surface area contributed by atoms with E-state index in [0.717, 1.165) is 49.7 Å². The summed E-state index contributed by atoms with van der Waals surface area (Å²) in [6.45, 7) is 4.06. The number of sulfonamides is 1. The van der Waals surface area contributed by atoms with E-state index < -0.39 is 45.1 Å². The lowest BCUT2D eigenvalue weighted by molar-refractivity contribution is -0.139. The van der Waals surface area contributed by atoms with Gasteiger partial charge in [0, 0.05) is 37.3 Å². The molecule has 0 radical (unpaired) electrons. The predicted molar refractivity (Wildman–Crippen MR) is 152 cm³/mol. The van der Waals surface area contributed by atoms with Crippen LogP contribution in [0.4, 0.5) is 23.2 Å². The summed E-state index contributed by atoms with van der Waals surface area (Å²) in [5, 5.41) is 0. The zero-order valence-electron chi connectivity index (χ0n) is 23.2. The zero-order chi connectivity index (χ0) is 30.9. The summed E-state index contributed by atoms with van der Waals surface area (Å²) in [5.41, 5.74) is -1.29. The quantitative estimate of drug-likeness (QED) is 0.175. The number of benzene rings is 2. The number of carbonyl (C=O) groups is 2. The summed E-state index contributed by atoms with van der Waals surface area (Å²) in [7, 11) is -3.69. The van der Waals surface area contributed by atoms with Gasteiger partial charge in [-0.05, 0) is 57.0 Å². The third kappa shape index (κ3) is 6.21. The molecule has 3 heterocycles. The Morgan fingerprint density at radius 2 is 1.60 bits per heavy atom. The summed E-state index contributed by atoms with van der Waals surface area (Å²) >= 11 is 0.976. The molecule has 1 saturated heterocycles. The van der Waals surface area contributed by atoms with Crippen LogP contribution in [0.5, 0.6) is 0 Å². The summed E-state index contributed by atoms with van der Waals surface area (Å²) in [6, 6.07) is 7.54. The molecule has 0 saturated carbocycles. The molecule has 1 fully saturated rings. The van der Waals surface area contributed by atoms with Gasteiger partial charge in [0.05, 0.1) is 17.4 Å². The molecule has 15 heteroatoms. The van der Waals surface area contributed by atoms with E-state index in [4.69, 9.17) is 0 Å². The van der Waals surface area contributed by atoms with Gasteiger partial charge in [-0.25, -0.2) is 17.7 Å². The fourth-order valence-electron chi connectivity index (χ4n) is 5.49. The average molecular weight is 640 g/mol. The maximum atomic E-state index is 14.1. The smallest absolute Gasteiger partial charge is 0.301 e. The molecule has 5 rings (SSSR count). The summed E-state index contributed by atoms with van der Waals surface area (Å²) < 4.78 is 90.8. The van der Waals surface area contributed by atoms with Crippen molar-refractivity contribution in [3.63, 3.8) is 0 Å². The van der Waals surface area contributed by atoms with Crippen LogP contribution in [0.25, 0.3) is 11.0 Å². The highest BCUT2D eigenvalue weighted by molar-refractivity contribution is 7.89. The lowest BCUT2D eigenvalue weighted by Gasteiger charge is -2.34. The number of piperazine rings is 1. The van der Waals surface area contributed by atoms with Gasteiger partial charge in [0.15, 0.2) is 0 Å². The van der Waals surface area contributed by atoms with Crippen molar-refractivity contribution < 1.29 is 35.6 Å². The molecule has 43 heavy (non-hydrogen) atoms. The first-order chi connectivity index (χ1) is 20.4. The van der Waals surface area contributed by atoms with Gasteiger partial charge in [0.1, 0.15) is 27.3 Å². The summed E-state index contributed by atoms with van der Waals surface area (Å²) in [6.07, 6.45) is -1.92. The summed E-state index contributed by atoms with van der Waals surface area (Å²) in [4.78, 5) is 28.5. The molecule has 0 bridgehead atoms. The third-order valence-corrected chi connectivity index (χ3v) is 10.3. The van der Waals surface area contributed by atoms with Gasteiger partial charge in [0.2, 0.25) is 10.0 Å². The lowest BCUT2D eigenvalue weighted by atomic mass is 10.0. The summed E-state index contributed by atoms with van der Waals surface area (Å²) in [5.74, 6) is -3.28. The van der Waals surface area contributed by atoms with E-state index in [-0.39, 0.29) is 22.5 Å². The van der Waals surface area contributed by atoms with Crippen molar-refractivity contribution in [2.45, 2.75) is 50.1 Å². The molecule has 2 amide bonds. The fourth-order valence-corrected chi connectivity index (χ4v) is 7.66. The topological polar surface area (TPSA) is 104 Å². The SMILES string of the molecule is CC1=C(CCCCCCN2CCN(S(=O)(=O)c3cccc4nsnc34)CC2)C(=O)N(c2cccc(F)c2C(F)(F)F)C1=O. The Bertz CT molecular complexity index is 1680. The number of alkyl halides is 3. The van der Waals surface area contributed by atoms with Crippen molar-refractivity contribution in [3.8, 4) is 0 Å². The Hall–Kier alpha value is -3.27. The van der Waals surface area contributed by atoms with E-state index >= 15 is 0 Å². The fraction of sp³-hybridized carbons (Fsp3) is 0.429. The zero-order valence-corrected chi connectivity index (χ0v) is 24.9. The van der Waals surface area contributed by atoms with Gasteiger partial charge in [-0.15, -0.1) is 0 Å². The highest BCUT2D eigenvalue weighted by atomic mass is 32.2. The maximum Gasteiger partial charge on any atom is 0.421 e. The van der Waals surface area contributed by atoms with E-state index in [2.05, 4.69) is 13.6 Å². The molecular weight excluding hydrogens is 610 g/mol. The number of imide groups is 1. The molecule has 0 spiro atoms. The number of anilines is 1. The van der Waals surface area contributed by atoms with Crippen LogP contribution < -0.4 is 4.90 Å². The highest BCUT2D eigenvalue weighted by Gasteiger charge is 2.44. The molecule has 3 aromatic rings. The number of unbranched alkanes of at least 4 members (excludes halogenated alkanes) is 3. The minimum absolute atomic E-state index is 0.0671. The van der Waals surface area contributed by atoms with Crippen LogP contribution in [0.1, 0.15) is 44.6 Å². The molecule has 2 aliphatic rings. The van der Waals surface area contributed by atoms with Crippen molar-refractivity contribution in [3.05, 3.63) is 58.9 Å². The standard InChI is InChI=1S/C28H29F4N5O4S2/c1-18-19(27(39)37(26(18)38)22-11-6-9-20(29)24(22)28(30,31)32)8-4-2-3-5-13-35-14-16-36(17-15-35)43(40,41)23-12-7-10-21-25(23)34-42-33-21/h6-7,9-12H,2-5,8,13-17H2,1H3. The number of carbonyl (C=O) groups excluding carboxylic acids is 2. The molecular formula is C28H29F4N5O4S2. The van der Waals surface area contributed by atoms with Crippen LogP contribution >= 0.6 is 11.7 Å². The van der Waals surface area contributed by atoms with Crippen molar-refractivity contribution in [1.82, 2.24) is 18.0 Å². The Morgan fingerprint density at radius 1 is 0.907 bits per heavy atom. The van der Waals surface area contributed by atoms with E-state index in [0.29, 0.717) is 54.6 Å². The number of amides is 2. The molecule has 0 atom stereocenters. The lowest BCUT2D eigenvalue weighted by Crippen LogP contribution is -2.48. The second-order valence-electron chi connectivity index (χ2n) is 10.5. The molecule has 1 aromatic heterocycles. The molecule has 0 unspecified atom stereocenters. The minimum atomic E-state index is -5.08. The monoisotopic (exact) mass is 639 g/mol. The Balaban J connectivity index is 1.08. The molecule has 0 aliphatic carbocycles. The van der Waals surface area contributed by atoms with E-state index in [9.17, 15) is 35.6 Å². The largest absolute Gasteiger partial charge is 0.421 e. The minimum Gasteiger partial charge on any atom is -0.301 e. The van der Waals surface area contributed by atoms with Crippen LogP contribution in [-0.2, 0) is 25.8 Å². The number of hydrogen-bond acceptors (Lipinski definition) is 8. The second kappa shape index (κ2) is 12.4. The second-order valence-corrected chi connectivity index (χ2v) is 12.9. The number of nitrogens with zero attached hydrogens (tertiary/aromatic N) is 5. The van der Waals surface area contributed by atoms with Gasteiger partial charge in [-0.2, -0.15) is 26.2 Å². The molecule has 9 nitrogen and oxygen atoms in total. The van der Waals surface area contributed by atoms with Crippen LogP contribution in [0.15, 0.2) is 52.4 Å². The first kappa shape index (κ1) is 31.2. The van der Waals surface area contributed by atoms with Gasteiger partial charge in [-0.1, -0.05) is 25.0 Å². The number of fused-ring (bicyclic) bond motifs is 1. The first-order valence-corrected chi connectivity index (χ1v) is 16.0. The van der Waals surface area contributed by atoms with Gasteiger partial charge < -0.3 is 4.90 Å². The van der Waals surface area contributed by atoms with E-state index in [1.165, 1.54) is 11.2 Å². The predicted octanol–water partition coefficient (Wildman–Crippen LogP) is 5.00. The van der Waals surface area contributed by atoms with Crippen LogP contribution in [-0.4, -0.2) is 70.9 Å². The first-order valence-electron chi connectivity index (χ1n) is 13.8. The van der Waals surface area contributed by atoms with E-state index in [1.807, 2.05) is 0 Å². The van der Waals surface area contributed by atoms with Crippen molar-refractivity contribution in [2.75, 3.05) is 37.6 Å². The number of aromatic nitrogens is 2. The van der Waals surface area contributed by atoms with Crippen molar-refractivity contribution in [2.24, 2.45) is 0 Å². The normalized spacial score (nSPS) is 17.6. The van der Waals surface area contributed by atoms with Crippen LogP contribution in [0, 0.1) is 5.82 Å². The maximum absolute atomic E-state index is 14.1. The van der Waals surface area contributed by atoms with Crippen LogP contribution in [0.3, 0.4) is 0 Å². The Morgan fingerprint density at radius 3 is 2.33 bits per heavy atom. The molecule has 230 valence electrons. The highest BCUT2D eigenvalue weighted by Crippen LogP contribution is 2.41. The van der Waals surface area contributed by atoms with Gasteiger partial charge in [0.25, 0.3) is 11.8 Å². The van der Waals surface area contributed by atoms with Gasteiger partial charge >= 0.3 is 6.18 Å².